The van der Waals surface area contributed by atoms with Gasteiger partial charge in [-0.1, -0.05) is 0 Å². The number of hydrogen-bond donors (Lipinski definition) is 2. The van der Waals surface area contributed by atoms with E-state index in [2.05, 4.69) is 9.47 Å². The zero-order valence-electron chi connectivity index (χ0n) is 9.91. The van der Waals surface area contributed by atoms with E-state index in [-0.39, 0.29) is 0 Å². The van der Waals surface area contributed by atoms with Gasteiger partial charge in [0.05, 0.1) is 12.8 Å². The van der Waals surface area contributed by atoms with Gasteiger partial charge in [-0.2, -0.15) is 0 Å². The van der Waals surface area contributed by atoms with Gasteiger partial charge >= 0.3 is 23.9 Å². The molecule has 0 saturated heterocycles. The van der Waals surface area contributed by atoms with E-state index in [0.29, 0.717) is 0 Å². The van der Waals surface area contributed by atoms with Crippen molar-refractivity contribution in [2.45, 2.75) is 38.9 Å². The standard InChI is InChI=1S/C10H14O8/c1-5(11)17-7(3-9(13)14)8(4-10(15)16)18-6(2)12/h7-8H,3-4H2,1-2H3,(H,13,14)(H,15,16)/t7-,8-/m1/s1. The van der Waals surface area contributed by atoms with Crippen LogP contribution in [0.5, 0.6) is 0 Å². The first-order valence-electron chi connectivity index (χ1n) is 5.00. The van der Waals surface area contributed by atoms with Crippen LogP contribution in [0.3, 0.4) is 0 Å². The maximum absolute atomic E-state index is 10.8. The smallest absolute Gasteiger partial charge is 0.307 e. The SMILES string of the molecule is CC(=O)O[C@H](CC(=O)O)[C@@H](CC(=O)O)OC(C)=O. The van der Waals surface area contributed by atoms with Gasteiger partial charge in [0.15, 0.2) is 0 Å². The van der Waals surface area contributed by atoms with Crippen molar-refractivity contribution >= 4 is 23.9 Å². The molecule has 0 aromatic rings. The molecule has 0 amide bonds. The first kappa shape index (κ1) is 15.9. The minimum atomic E-state index is -1.33. The topological polar surface area (TPSA) is 127 Å². The van der Waals surface area contributed by atoms with E-state index in [4.69, 9.17) is 10.2 Å². The van der Waals surface area contributed by atoms with Crippen LogP contribution in [0.1, 0.15) is 26.7 Å². The fourth-order valence-corrected chi connectivity index (χ4v) is 1.27. The lowest BCUT2D eigenvalue weighted by molar-refractivity contribution is -0.172. The summed E-state index contributed by atoms with van der Waals surface area (Å²) >= 11 is 0. The average Bonchev–Trinajstić information content (AvgIpc) is 2.12. The summed E-state index contributed by atoms with van der Waals surface area (Å²) in [7, 11) is 0. The number of carboxylic acids is 2. The lowest BCUT2D eigenvalue weighted by Gasteiger charge is -2.23. The third kappa shape index (κ3) is 7.20. The molecule has 0 rings (SSSR count). The van der Waals surface area contributed by atoms with Gasteiger partial charge in [-0.05, 0) is 0 Å². The van der Waals surface area contributed by atoms with Crippen molar-refractivity contribution in [3.8, 4) is 0 Å². The molecule has 0 saturated carbocycles. The maximum Gasteiger partial charge on any atom is 0.307 e. The van der Waals surface area contributed by atoms with Crippen LogP contribution in [-0.4, -0.2) is 46.3 Å². The number of rotatable bonds is 7. The van der Waals surface area contributed by atoms with Crippen LogP contribution in [0, 0.1) is 0 Å². The van der Waals surface area contributed by atoms with Crippen LogP contribution in [0.2, 0.25) is 0 Å². The summed E-state index contributed by atoms with van der Waals surface area (Å²) < 4.78 is 9.33. The van der Waals surface area contributed by atoms with Crippen molar-refractivity contribution in [2.24, 2.45) is 0 Å². The lowest BCUT2D eigenvalue weighted by Crippen LogP contribution is -2.37. The molecule has 0 fully saturated rings. The maximum atomic E-state index is 10.8. The average molecular weight is 262 g/mol. The fourth-order valence-electron chi connectivity index (χ4n) is 1.27. The summed E-state index contributed by atoms with van der Waals surface area (Å²) in [6.45, 7) is 2.08. The highest BCUT2D eigenvalue weighted by atomic mass is 16.6. The van der Waals surface area contributed by atoms with Crippen LogP contribution < -0.4 is 0 Å². The van der Waals surface area contributed by atoms with Gasteiger partial charge < -0.3 is 19.7 Å². The number of aliphatic carboxylic acids is 2. The Morgan fingerprint density at radius 2 is 1.11 bits per heavy atom. The number of carbonyl (C=O) groups is 4. The second-order valence-electron chi connectivity index (χ2n) is 3.49. The van der Waals surface area contributed by atoms with E-state index >= 15 is 0 Å². The quantitative estimate of drug-likeness (QED) is 0.604. The van der Waals surface area contributed by atoms with Gasteiger partial charge in [-0.15, -0.1) is 0 Å². The Balaban J connectivity index is 4.90. The molecule has 0 bridgehead atoms. The molecular formula is C10H14O8. The van der Waals surface area contributed by atoms with Gasteiger partial charge in [0.1, 0.15) is 12.2 Å². The number of carboxylic acid groups (broad SMARTS) is 2. The molecule has 0 aromatic heterocycles. The third-order valence-corrected chi connectivity index (χ3v) is 1.80. The first-order valence-corrected chi connectivity index (χ1v) is 5.00. The number of hydrogen-bond acceptors (Lipinski definition) is 6. The summed E-state index contributed by atoms with van der Waals surface area (Å²) in [5.41, 5.74) is 0. The van der Waals surface area contributed by atoms with E-state index in [1.165, 1.54) is 0 Å². The van der Waals surface area contributed by atoms with Gasteiger partial charge in [0.2, 0.25) is 0 Å². The van der Waals surface area contributed by atoms with Crippen molar-refractivity contribution in [1.29, 1.82) is 0 Å². The predicted molar refractivity (Wildman–Crippen MR) is 55.6 cm³/mol. The Morgan fingerprint density at radius 1 is 0.833 bits per heavy atom. The second-order valence-corrected chi connectivity index (χ2v) is 3.49. The minimum absolute atomic E-state index is 0.648. The highest BCUT2D eigenvalue weighted by Crippen LogP contribution is 2.13. The van der Waals surface area contributed by atoms with Gasteiger partial charge in [0.25, 0.3) is 0 Å². The molecule has 0 spiro atoms. The lowest BCUT2D eigenvalue weighted by atomic mass is 10.1. The zero-order valence-corrected chi connectivity index (χ0v) is 9.91. The van der Waals surface area contributed by atoms with Crippen molar-refractivity contribution in [2.75, 3.05) is 0 Å². The summed E-state index contributed by atoms with van der Waals surface area (Å²) in [6.07, 6.45) is -3.96. The minimum Gasteiger partial charge on any atom is -0.481 e. The van der Waals surface area contributed by atoms with E-state index < -0.39 is 48.9 Å². The molecule has 0 radical (unpaired) electrons. The summed E-state index contributed by atoms with van der Waals surface area (Å²) in [6, 6.07) is 0. The fraction of sp³-hybridized carbons (Fsp3) is 0.600. The molecule has 0 aliphatic heterocycles. The van der Waals surface area contributed by atoms with Crippen LogP contribution >= 0.6 is 0 Å². The highest BCUT2D eigenvalue weighted by molar-refractivity contribution is 5.72. The normalized spacial score (nSPS) is 13.2. The Hall–Kier alpha value is -2.12. The Morgan fingerprint density at radius 3 is 1.28 bits per heavy atom. The molecule has 8 heteroatoms. The summed E-state index contributed by atoms with van der Waals surface area (Å²) in [5.74, 6) is -4.18. The Bertz CT molecular complexity index is 282. The molecule has 8 nitrogen and oxygen atoms in total. The van der Waals surface area contributed by atoms with Gasteiger partial charge in [-0.25, -0.2) is 0 Å². The largest absolute Gasteiger partial charge is 0.481 e. The molecule has 0 aliphatic rings. The predicted octanol–water partition coefficient (Wildman–Crippen LogP) is -0.201. The zero-order chi connectivity index (χ0) is 14.3. The van der Waals surface area contributed by atoms with Crippen LogP contribution in [0.25, 0.3) is 0 Å². The summed E-state index contributed by atoms with van der Waals surface area (Å²) in [5, 5.41) is 17.3. The van der Waals surface area contributed by atoms with Gasteiger partial charge in [0, 0.05) is 13.8 Å². The molecule has 0 aromatic carbocycles. The van der Waals surface area contributed by atoms with Crippen molar-refractivity contribution in [3.05, 3.63) is 0 Å². The van der Waals surface area contributed by atoms with E-state index in [1.54, 1.807) is 0 Å². The molecular weight excluding hydrogens is 248 g/mol. The molecule has 102 valence electrons. The van der Waals surface area contributed by atoms with Crippen LogP contribution in [0.15, 0.2) is 0 Å². The molecule has 18 heavy (non-hydrogen) atoms. The van der Waals surface area contributed by atoms with Crippen LogP contribution in [0.4, 0.5) is 0 Å². The van der Waals surface area contributed by atoms with Crippen molar-refractivity contribution < 1.29 is 38.9 Å². The number of esters is 2. The monoisotopic (exact) mass is 262 g/mol. The second kappa shape index (κ2) is 7.25. The van der Waals surface area contributed by atoms with E-state index in [9.17, 15) is 19.2 Å². The van der Waals surface area contributed by atoms with E-state index in [1.807, 2.05) is 0 Å². The first-order chi connectivity index (χ1) is 8.22. The van der Waals surface area contributed by atoms with Gasteiger partial charge in [-0.3, -0.25) is 19.2 Å². The van der Waals surface area contributed by atoms with Crippen LogP contribution in [-0.2, 0) is 28.7 Å². The Labute approximate surface area is 102 Å². The molecule has 0 unspecified atom stereocenters. The molecule has 2 N–H and O–H groups in total. The van der Waals surface area contributed by atoms with E-state index in [0.717, 1.165) is 13.8 Å². The van der Waals surface area contributed by atoms with Crippen molar-refractivity contribution in [3.63, 3.8) is 0 Å². The summed E-state index contributed by atoms with van der Waals surface area (Å²) in [4.78, 5) is 42.8. The number of ether oxygens (including phenoxy) is 2. The molecule has 0 aliphatic carbocycles. The number of carbonyl (C=O) groups excluding carboxylic acids is 2. The van der Waals surface area contributed by atoms with Crippen molar-refractivity contribution in [1.82, 2.24) is 0 Å². The highest BCUT2D eigenvalue weighted by Gasteiger charge is 2.31. The molecule has 0 heterocycles. The molecule has 2 atom stereocenters. The Kier molecular flexibility index (Phi) is 6.40. The third-order valence-electron chi connectivity index (χ3n) is 1.80.